The van der Waals surface area contributed by atoms with Crippen LogP contribution in [0.4, 0.5) is 4.79 Å². The van der Waals surface area contributed by atoms with Crippen LogP contribution >= 0.6 is 0 Å². The maximum absolute atomic E-state index is 10.6. The van der Waals surface area contributed by atoms with Gasteiger partial charge in [-0.2, -0.15) is 10.2 Å². The number of amides is 1. The standard InChI is InChI=1S/C19H23N5O2/c1-23-11-16(10-21-23)14-4-5-15-12-24(22-18(15)8-14)17-6-2-13(3-7-17)9-20-19(25)26/h4-5,8,10-13,17,20H,2-3,6-7,9H2,1H3,(H,25,26)/t13-,17-. The smallest absolute Gasteiger partial charge is 0.404 e. The Bertz CT molecular complexity index is 921. The fourth-order valence-corrected chi connectivity index (χ4v) is 3.82. The third kappa shape index (κ3) is 3.42. The topological polar surface area (TPSA) is 85.0 Å². The lowest BCUT2D eigenvalue weighted by atomic mass is 9.86. The molecule has 1 aromatic carbocycles. The van der Waals surface area contributed by atoms with Crippen LogP contribution in [0.5, 0.6) is 0 Å². The van der Waals surface area contributed by atoms with Crippen LogP contribution in [0.2, 0.25) is 0 Å². The van der Waals surface area contributed by atoms with E-state index in [1.54, 1.807) is 4.68 Å². The summed E-state index contributed by atoms with van der Waals surface area (Å²) in [6.07, 6.45) is 9.20. The summed E-state index contributed by atoms with van der Waals surface area (Å²) in [5.41, 5.74) is 3.22. The highest BCUT2D eigenvalue weighted by atomic mass is 16.4. The summed E-state index contributed by atoms with van der Waals surface area (Å²) in [5.74, 6) is 0.435. The van der Waals surface area contributed by atoms with Gasteiger partial charge in [-0.25, -0.2) is 4.79 Å². The molecule has 0 spiro atoms. The van der Waals surface area contributed by atoms with Crippen molar-refractivity contribution in [2.45, 2.75) is 31.7 Å². The average molecular weight is 353 g/mol. The van der Waals surface area contributed by atoms with E-state index < -0.39 is 6.09 Å². The maximum atomic E-state index is 10.6. The monoisotopic (exact) mass is 353 g/mol. The Morgan fingerprint density at radius 2 is 2.04 bits per heavy atom. The molecule has 0 atom stereocenters. The van der Waals surface area contributed by atoms with Crippen molar-refractivity contribution in [3.05, 3.63) is 36.8 Å². The number of fused-ring (bicyclic) bond motifs is 1. The van der Waals surface area contributed by atoms with Crippen molar-refractivity contribution in [3.8, 4) is 11.1 Å². The maximum Gasteiger partial charge on any atom is 0.404 e. The summed E-state index contributed by atoms with van der Waals surface area (Å²) in [7, 11) is 1.92. The molecule has 1 fully saturated rings. The minimum Gasteiger partial charge on any atom is -0.465 e. The molecule has 1 amide bonds. The molecule has 0 aliphatic heterocycles. The van der Waals surface area contributed by atoms with Gasteiger partial charge in [0.15, 0.2) is 0 Å². The third-order valence-electron chi connectivity index (χ3n) is 5.30. The second kappa shape index (κ2) is 6.82. The lowest BCUT2D eigenvalue weighted by molar-refractivity contribution is 0.187. The summed E-state index contributed by atoms with van der Waals surface area (Å²) in [6.45, 7) is 0.553. The van der Waals surface area contributed by atoms with E-state index in [1.807, 2.05) is 19.4 Å². The van der Waals surface area contributed by atoms with E-state index in [0.29, 0.717) is 18.5 Å². The van der Waals surface area contributed by atoms with Crippen molar-refractivity contribution in [1.82, 2.24) is 24.9 Å². The molecule has 3 aromatic rings. The Balaban J connectivity index is 1.47. The quantitative estimate of drug-likeness (QED) is 0.752. The van der Waals surface area contributed by atoms with E-state index in [9.17, 15) is 4.79 Å². The zero-order valence-corrected chi connectivity index (χ0v) is 14.8. The molecule has 7 nitrogen and oxygen atoms in total. The number of carbonyl (C=O) groups is 1. The molecule has 1 saturated carbocycles. The molecule has 1 aliphatic carbocycles. The van der Waals surface area contributed by atoms with E-state index in [-0.39, 0.29) is 0 Å². The van der Waals surface area contributed by atoms with E-state index in [1.165, 1.54) is 0 Å². The van der Waals surface area contributed by atoms with Gasteiger partial charge in [-0.05, 0) is 43.2 Å². The highest BCUT2D eigenvalue weighted by Gasteiger charge is 2.23. The average Bonchev–Trinajstić information content (AvgIpc) is 3.25. The van der Waals surface area contributed by atoms with Gasteiger partial charge in [0.05, 0.1) is 17.8 Å². The van der Waals surface area contributed by atoms with Gasteiger partial charge in [0.1, 0.15) is 0 Å². The van der Waals surface area contributed by atoms with E-state index in [4.69, 9.17) is 10.2 Å². The van der Waals surface area contributed by atoms with Crippen LogP contribution in [-0.4, -0.2) is 37.3 Å². The number of hydrogen-bond donors (Lipinski definition) is 2. The predicted octanol–water partition coefficient (Wildman–Crippen LogP) is 3.44. The van der Waals surface area contributed by atoms with E-state index >= 15 is 0 Å². The molecule has 4 rings (SSSR count). The summed E-state index contributed by atoms with van der Waals surface area (Å²) in [5, 5.41) is 21.4. The minimum absolute atomic E-state index is 0.394. The Morgan fingerprint density at radius 1 is 1.23 bits per heavy atom. The molecule has 0 bridgehead atoms. The molecule has 0 saturated heterocycles. The van der Waals surface area contributed by atoms with E-state index in [0.717, 1.165) is 47.7 Å². The molecular weight excluding hydrogens is 330 g/mol. The molecule has 0 radical (unpaired) electrons. The van der Waals surface area contributed by atoms with Crippen LogP contribution in [0.3, 0.4) is 0 Å². The van der Waals surface area contributed by atoms with Crippen LogP contribution in [0.25, 0.3) is 22.0 Å². The molecule has 1 aliphatic rings. The molecular formula is C19H23N5O2. The molecule has 136 valence electrons. The number of benzene rings is 1. The van der Waals surface area contributed by atoms with E-state index in [2.05, 4.69) is 39.5 Å². The van der Waals surface area contributed by atoms with Gasteiger partial charge in [0.25, 0.3) is 0 Å². The van der Waals surface area contributed by atoms with Gasteiger partial charge in [-0.15, -0.1) is 0 Å². The van der Waals surface area contributed by atoms with Gasteiger partial charge in [0, 0.05) is 36.9 Å². The minimum atomic E-state index is -0.935. The highest BCUT2D eigenvalue weighted by molar-refractivity contribution is 5.83. The summed E-state index contributed by atoms with van der Waals surface area (Å²) < 4.78 is 3.90. The van der Waals surface area contributed by atoms with Gasteiger partial charge < -0.3 is 10.4 Å². The highest BCUT2D eigenvalue weighted by Crippen LogP contribution is 2.33. The molecule has 2 N–H and O–H groups in total. The zero-order chi connectivity index (χ0) is 18.1. The van der Waals surface area contributed by atoms with Crippen LogP contribution in [0.1, 0.15) is 31.7 Å². The first-order valence-corrected chi connectivity index (χ1v) is 9.03. The number of rotatable bonds is 4. The second-order valence-electron chi connectivity index (χ2n) is 7.15. The predicted molar refractivity (Wildman–Crippen MR) is 99.0 cm³/mol. The Morgan fingerprint density at radius 3 is 2.73 bits per heavy atom. The van der Waals surface area contributed by atoms with Crippen molar-refractivity contribution >= 4 is 17.0 Å². The first-order valence-electron chi connectivity index (χ1n) is 9.03. The number of hydrogen-bond acceptors (Lipinski definition) is 3. The third-order valence-corrected chi connectivity index (χ3v) is 5.30. The Kier molecular flexibility index (Phi) is 4.36. The number of aryl methyl sites for hydroxylation is 1. The fraction of sp³-hybridized carbons (Fsp3) is 0.421. The normalized spacial score (nSPS) is 20.3. The summed E-state index contributed by atoms with van der Waals surface area (Å²) >= 11 is 0. The molecule has 2 aromatic heterocycles. The first kappa shape index (κ1) is 16.6. The largest absolute Gasteiger partial charge is 0.465 e. The van der Waals surface area contributed by atoms with Crippen molar-refractivity contribution in [1.29, 1.82) is 0 Å². The molecule has 26 heavy (non-hydrogen) atoms. The number of nitrogens with one attached hydrogen (secondary N) is 1. The molecule has 2 heterocycles. The summed E-state index contributed by atoms with van der Waals surface area (Å²) in [4.78, 5) is 10.6. The fourth-order valence-electron chi connectivity index (χ4n) is 3.82. The Hall–Kier alpha value is -2.83. The SMILES string of the molecule is Cn1cc(-c2ccc3cn([C@H]4CC[C@H](CNC(=O)O)CC4)nc3c2)cn1. The van der Waals surface area contributed by atoms with Gasteiger partial charge >= 0.3 is 6.09 Å². The Labute approximate surface area is 151 Å². The van der Waals surface area contributed by atoms with Gasteiger partial charge in [-0.1, -0.05) is 12.1 Å². The van der Waals surface area contributed by atoms with Crippen molar-refractivity contribution in [3.63, 3.8) is 0 Å². The van der Waals surface area contributed by atoms with Crippen LogP contribution < -0.4 is 5.32 Å². The molecule has 7 heteroatoms. The van der Waals surface area contributed by atoms with Gasteiger partial charge in [0.2, 0.25) is 0 Å². The van der Waals surface area contributed by atoms with Crippen LogP contribution in [0.15, 0.2) is 36.8 Å². The zero-order valence-electron chi connectivity index (χ0n) is 14.8. The van der Waals surface area contributed by atoms with Crippen molar-refractivity contribution < 1.29 is 9.90 Å². The van der Waals surface area contributed by atoms with Crippen molar-refractivity contribution in [2.75, 3.05) is 6.54 Å². The van der Waals surface area contributed by atoms with Crippen molar-refractivity contribution in [2.24, 2.45) is 13.0 Å². The summed E-state index contributed by atoms with van der Waals surface area (Å²) in [6, 6.07) is 6.74. The second-order valence-corrected chi connectivity index (χ2v) is 7.15. The number of nitrogens with zero attached hydrogens (tertiary/aromatic N) is 4. The lowest BCUT2D eigenvalue weighted by Gasteiger charge is -2.28. The number of carboxylic acid groups (broad SMARTS) is 1. The lowest BCUT2D eigenvalue weighted by Crippen LogP contribution is -2.30. The van der Waals surface area contributed by atoms with Gasteiger partial charge in [-0.3, -0.25) is 9.36 Å². The van der Waals surface area contributed by atoms with Crippen LogP contribution in [-0.2, 0) is 7.05 Å². The number of aromatic nitrogens is 4. The first-order chi connectivity index (χ1) is 12.6. The van der Waals surface area contributed by atoms with Crippen LogP contribution in [0, 0.1) is 5.92 Å². The molecule has 0 unspecified atom stereocenters.